The van der Waals surface area contributed by atoms with Gasteiger partial charge in [0.1, 0.15) is 0 Å². The molecule has 0 saturated heterocycles. The molecule has 2 aromatic rings. The summed E-state index contributed by atoms with van der Waals surface area (Å²) in [5, 5.41) is 7.50. The first kappa shape index (κ1) is 14.9. The van der Waals surface area contributed by atoms with E-state index in [1.807, 2.05) is 30.9 Å². The number of carbonyl (C=O) groups excluding carboxylic acids is 1. The zero-order valence-electron chi connectivity index (χ0n) is 11.6. The summed E-state index contributed by atoms with van der Waals surface area (Å²) in [6.45, 7) is 4.70. The average Bonchev–Trinajstić information content (AvgIpc) is 2.80. The van der Waals surface area contributed by atoms with Gasteiger partial charge >= 0.3 is 0 Å². The molecule has 1 aromatic heterocycles. The lowest BCUT2D eigenvalue weighted by atomic mass is 10.2. The standard InChI is InChI=1S/C14H16ClN3OS/c1-4-18-9(2)13(8-16-18)17-14(19)11-7-10(20-3)5-6-12(11)15/h5-8H,4H2,1-3H3,(H,17,19). The molecule has 0 atom stereocenters. The number of amides is 1. The third kappa shape index (κ3) is 2.99. The minimum atomic E-state index is -0.218. The van der Waals surface area contributed by atoms with Crippen LogP contribution in [0.3, 0.4) is 0 Å². The molecule has 0 bridgehead atoms. The molecule has 1 N–H and O–H groups in total. The molecule has 1 aromatic carbocycles. The summed E-state index contributed by atoms with van der Waals surface area (Å²) in [5.41, 5.74) is 2.11. The van der Waals surface area contributed by atoms with Crippen molar-refractivity contribution in [2.24, 2.45) is 0 Å². The fourth-order valence-corrected chi connectivity index (χ4v) is 2.53. The van der Waals surface area contributed by atoms with Crippen LogP contribution in [-0.4, -0.2) is 21.9 Å². The highest BCUT2D eigenvalue weighted by molar-refractivity contribution is 7.98. The van der Waals surface area contributed by atoms with Gasteiger partial charge in [0.25, 0.3) is 5.91 Å². The molecule has 6 heteroatoms. The Hall–Kier alpha value is -1.46. The van der Waals surface area contributed by atoms with Gasteiger partial charge in [0.05, 0.1) is 28.2 Å². The lowest BCUT2D eigenvalue weighted by Gasteiger charge is -2.08. The van der Waals surface area contributed by atoms with E-state index in [4.69, 9.17) is 11.6 Å². The molecule has 1 amide bonds. The second-order valence-corrected chi connectivity index (χ2v) is 5.55. The summed E-state index contributed by atoms with van der Waals surface area (Å²) in [5.74, 6) is -0.218. The largest absolute Gasteiger partial charge is 0.319 e. The van der Waals surface area contributed by atoms with Gasteiger partial charge in [0.15, 0.2) is 0 Å². The van der Waals surface area contributed by atoms with Crippen LogP contribution in [0.2, 0.25) is 5.02 Å². The monoisotopic (exact) mass is 309 g/mol. The molecule has 0 aliphatic rings. The SMILES string of the molecule is CCn1ncc(NC(=O)c2cc(SC)ccc2Cl)c1C. The summed E-state index contributed by atoms with van der Waals surface area (Å²) in [7, 11) is 0. The minimum Gasteiger partial charge on any atom is -0.319 e. The normalized spacial score (nSPS) is 10.6. The molecule has 4 nitrogen and oxygen atoms in total. The smallest absolute Gasteiger partial charge is 0.257 e. The van der Waals surface area contributed by atoms with Gasteiger partial charge in [-0.3, -0.25) is 9.48 Å². The maximum absolute atomic E-state index is 12.3. The highest BCUT2D eigenvalue weighted by Gasteiger charge is 2.14. The molecular formula is C14H16ClN3OS. The molecule has 20 heavy (non-hydrogen) atoms. The van der Waals surface area contributed by atoms with Crippen LogP contribution in [0.15, 0.2) is 29.3 Å². The fourth-order valence-electron chi connectivity index (χ4n) is 1.88. The number of aromatic nitrogens is 2. The highest BCUT2D eigenvalue weighted by atomic mass is 35.5. The van der Waals surface area contributed by atoms with E-state index in [1.54, 1.807) is 30.1 Å². The molecule has 0 aliphatic heterocycles. The molecule has 0 spiro atoms. The predicted molar refractivity (Wildman–Crippen MR) is 83.8 cm³/mol. The molecule has 0 fully saturated rings. The van der Waals surface area contributed by atoms with Crippen molar-refractivity contribution in [1.82, 2.24) is 9.78 Å². The number of hydrogen-bond acceptors (Lipinski definition) is 3. The van der Waals surface area contributed by atoms with Crippen molar-refractivity contribution in [2.75, 3.05) is 11.6 Å². The Kier molecular flexibility index (Phi) is 4.73. The van der Waals surface area contributed by atoms with Crippen molar-refractivity contribution in [3.63, 3.8) is 0 Å². The van der Waals surface area contributed by atoms with Crippen molar-refractivity contribution in [3.8, 4) is 0 Å². The van der Waals surface area contributed by atoms with E-state index in [1.165, 1.54) is 0 Å². The van der Waals surface area contributed by atoms with Gasteiger partial charge in [-0.05, 0) is 38.3 Å². The molecular weight excluding hydrogens is 294 g/mol. The summed E-state index contributed by atoms with van der Waals surface area (Å²) in [6, 6.07) is 5.43. The molecule has 0 radical (unpaired) electrons. The summed E-state index contributed by atoms with van der Waals surface area (Å²) < 4.78 is 1.83. The number of nitrogens with zero attached hydrogens (tertiary/aromatic N) is 2. The van der Waals surface area contributed by atoms with Crippen molar-refractivity contribution in [2.45, 2.75) is 25.3 Å². The topological polar surface area (TPSA) is 46.9 Å². The molecule has 106 valence electrons. The Morgan fingerprint density at radius 2 is 2.25 bits per heavy atom. The van der Waals surface area contributed by atoms with Gasteiger partial charge in [-0.2, -0.15) is 5.10 Å². The predicted octanol–water partition coefficient (Wildman–Crippen LogP) is 3.84. The van der Waals surface area contributed by atoms with Crippen LogP contribution in [0.1, 0.15) is 23.0 Å². The quantitative estimate of drug-likeness (QED) is 0.873. The second kappa shape index (κ2) is 6.33. The third-order valence-electron chi connectivity index (χ3n) is 3.07. The summed E-state index contributed by atoms with van der Waals surface area (Å²) >= 11 is 7.67. The van der Waals surface area contributed by atoms with Crippen LogP contribution in [0, 0.1) is 6.92 Å². The Balaban J connectivity index is 2.25. The summed E-state index contributed by atoms with van der Waals surface area (Å²) in [4.78, 5) is 13.3. The van der Waals surface area contributed by atoms with E-state index < -0.39 is 0 Å². The lowest BCUT2D eigenvalue weighted by Crippen LogP contribution is -2.13. The van der Waals surface area contributed by atoms with Crippen molar-refractivity contribution < 1.29 is 4.79 Å². The lowest BCUT2D eigenvalue weighted by molar-refractivity contribution is 0.102. The van der Waals surface area contributed by atoms with E-state index in [0.717, 1.165) is 17.1 Å². The molecule has 1 heterocycles. The number of nitrogens with one attached hydrogen (secondary N) is 1. The highest BCUT2D eigenvalue weighted by Crippen LogP contribution is 2.24. The number of benzene rings is 1. The van der Waals surface area contributed by atoms with Gasteiger partial charge in [0, 0.05) is 11.4 Å². The molecule has 0 saturated carbocycles. The maximum atomic E-state index is 12.3. The van der Waals surface area contributed by atoms with Crippen molar-refractivity contribution >= 4 is 35.0 Å². The fraction of sp³-hybridized carbons (Fsp3) is 0.286. The van der Waals surface area contributed by atoms with E-state index in [0.29, 0.717) is 16.3 Å². The molecule has 2 rings (SSSR count). The first-order chi connectivity index (χ1) is 9.56. The zero-order chi connectivity index (χ0) is 14.7. The first-order valence-electron chi connectivity index (χ1n) is 6.24. The number of carbonyl (C=O) groups is 1. The van der Waals surface area contributed by atoms with Crippen LogP contribution in [0.5, 0.6) is 0 Å². The Bertz CT molecular complexity index is 639. The van der Waals surface area contributed by atoms with Crippen molar-refractivity contribution in [3.05, 3.63) is 40.7 Å². The van der Waals surface area contributed by atoms with Crippen LogP contribution in [0.4, 0.5) is 5.69 Å². The van der Waals surface area contributed by atoms with Gasteiger partial charge in [0.2, 0.25) is 0 Å². The second-order valence-electron chi connectivity index (χ2n) is 4.26. The average molecular weight is 310 g/mol. The molecule has 0 aliphatic carbocycles. The first-order valence-corrected chi connectivity index (χ1v) is 7.84. The maximum Gasteiger partial charge on any atom is 0.257 e. The van der Waals surface area contributed by atoms with E-state index in [2.05, 4.69) is 10.4 Å². The van der Waals surface area contributed by atoms with Gasteiger partial charge in [-0.1, -0.05) is 11.6 Å². The van der Waals surface area contributed by atoms with Crippen LogP contribution in [-0.2, 0) is 6.54 Å². The van der Waals surface area contributed by atoms with E-state index in [9.17, 15) is 4.79 Å². The van der Waals surface area contributed by atoms with Gasteiger partial charge in [-0.15, -0.1) is 11.8 Å². The van der Waals surface area contributed by atoms with Crippen LogP contribution in [0.25, 0.3) is 0 Å². The minimum absolute atomic E-state index is 0.218. The molecule has 0 unspecified atom stereocenters. The Morgan fingerprint density at radius 1 is 1.50 bits per heavy atom. The van der Waals surface area contributed by atoms with E-state index >= 15 is 0 Å². The Morgan fingerprint density at radius 3 is 2.85 bits per heavy atom. The summed E-state index contributed by atoms with van der Waals surface area (Å²) in [6.07, 6.45) is 3.61. The number of aryl methyl sites for hydroxylation is 1. The number of anilines is 1. The number of thioether (sulfide) groups is 1. The third-order valence-corrected chi connectivity index (χ3v) is 4.12. The number of rotatable bonds is 4. The van der Waals surface area contributed by atoms with Gasteiger partial charge < -0.3 is 5.32 Å². The van der Waals surface area contributed by atoms with Gasteiger partial charge in [-0.25, -0.2) is 0 Å². The van der Waals surface area contributed by atoms with Crippen LogP contribution < -0.4 is 5.32 Å². The number of hydrogen-bond donors (Lipinski definition) is 1. The zero-order valence-corrected chi connectivity index (χ0v) is 13.2. The van der Waals surface area contributed by atoms with Crippen molar-refractivity contribution in [1.29, 1.82) is 0 Å². The van der Waals surface area contributed by atoms with E-state index in [-0.39, 0.29) is 5.91 Å². The van der Waals surface area contributed by atoms with Crippen LogP contribution >= 0.6 is 23.4 Å². The Labute approximate surface area is 127 Å². The number of halogens is 1.